The van der Waals surface area contributed by atoms with Crippen LogP contribution in [0.3, 0.4) is 0 Å². The van der Waals surface area contributed by atoms with E-state index in [0.29, 0.717) is 6.54 Å². The maximum Gasteiger partial charge on any atom is 0.387 e. The average molecular weight is 299 g/mol. The second-order valence-electron chi connectivity index (χ2n) is 4.94. The molecular formula is C18H15F2NO. The van der Waals surface area contributed by atoms with Gasteiger partial charge in [0.05, 0.1) is 0 Å². The van der Waals surface area contributed by atoms with E-state index in [9.17, 15) is 8.78 Å². The van der Waals surface area contributed by atoms with Gasteiger partial charge in [0.15, 0.2) is 0 Å². The Balaban J connectivity index is 1.70. The molecule has 1 N–H and O–H groups in total. The third kappa shape index (κ3) is 3.52. The molecule has 0 unspecified atom stereocenters. The van der Waals surface area contributed by atoms with Crippen molar-refractivity contribution in [1.82, 2.24) is 0 Å². The van der Waals surface area contributed by atoms with Crippen molar-refractivity contribution in [2.75, 3.05) is 5.32 Å². The molecule has 112 valence electrons. The zero-order chi connectivity index (χ0) is 15.4. The van der Waals surface area contributed by atoms with Gasteiger partial charge in [0.25, 0.3) is 0 Å². The second-order valence-corrected chi connectivity index (χ2v) is 4.94. The van der Waals surface area contributed by atoms with Crippen molar-refractivity contribution in [1.29, 1.82) is 0 Å². The molecular weight excluding hydrogens is 284 g/mol. The Kier molecular flexibility index (Phi) is 4.19. The van der Waals surface area contributed by atoms with Crippen LogP contribution in [-0.2, 0) is 6.54 Å². The van der Waals surface area contributed by atoms with Crippen molar-refractivity contribution in [2.24, 2.45) is 0 Å². The number of hydrogen-bond acceptors (Lipinski definition) is 2. The topological polar surface area (TPSA) is 21.3 Å². The molecule has 0 saturated heterocycles. The van der Waals surface area contributed by atoms with Crippen LogP contribution < -0.4 is 10.1 Å². The van der Waals surface area contributed by atoms with Crippen LogP contribution in [-0.4, -0.2) is 6.61 Å². The maximum absolute atomic E-state index is 12.2. The Bertz CT molecular complexity index is 774. The smallest absolute Gasteiger partial charge is 0.387 e. The second kappa shape index (κ2) is 6.43. The number of hydrogen-bond donors (Lipinski definition) is 1. The van der Waals surface area contributed by atoms with Crippen LogP contribution in [0, 0.1) is 0 Å². The Morgan fingerprint density at radius 3 is 2.50 bits per heavy atom. The highest BCUT2D eigenvalue weighted by Crippen LogP contribution is 2.21. The first-order chi connectivity index (χ1) is 10.7. The molecule has 0 bridgehead atoms. The minimum atomic E-state index is -2.81. The van der Waals surface area contributed by atoms with E-state index >= 15 is 0 Å². The lowest BCUT2D eigenvalue weighted by Crippen LogP contribution is -2.03. The highest BCUT2D eigenvalue weighted by Gasteiger charge is 2.04. The molecule has 3 rings (SSSR count). The summed E-state index contributed by atoms with van der Waals surface area (Å²) in [5.74, 6) is 0.151. The van der Waals surface area contributed by atoms with Crippen molar-refractivity contribution in [2.45, 2.75) is 13.2 Å². The number of halogens is 2. The minimum Gasteiger partial charge on any atom is -0.435 e. The van der Waals surface area contributed by atoms with Crippen molar-refractivity contribution in [3.63, 3.8) is 0 Å². The molecule has 0 fully saturated rings. The lowest BCUT2D eigenvalue weighted by Gasteiger charge is -2.10. The fourth-order valence-electron chi connectivity index (χ4n) is 2.34. The summed E-state index contributed by atoms with van der Waals surface area (Å²) in [6.45, 7) is -2.20. The summed E-state index contributed by atoms with van der Waals surface area (Å²) in [7, 11) is 0. The van der Waals surface area contributed by atoms with Gasteiger partial charge in [-0.3, -0.25) is 0 Å². The van der Waals surface area contributed by atoms with Crippen molar-refractivity contribution < 1.29 is 13.5 Å². The standard InChI is InChI=1S/C18H15F2NO/c19-18(20)22-17-7-3-6-16(11-17)21-12-13-8-9-14-4-1-2-5-15(14)10-13/h1-11,18,21H,12H2. The highest BCUT2D eigenvalue weighted by atomic mass is 19.3. The van der Waals surface area contributed by atoms with Crippen molar-refractivity contribution >= 4 is 16.5 Å². The van der Waals surface area contributed by atoms with E-state index in [1.54, 1.807) is 12.1 Å². The van der Waals surface area contributed by atoms with E-state index in [-0.39, 0.29) is 5.75 Å². The van der Waals surface area contributed by atoms with Gasteiger partial charge in [-0.05, 0) is 34.5 Å². The number of nitrogens with one attached hydrogen (secondary N) is 1. The summed E-state index contributed by atoms with van der Waals surface area (Å²) in [4.78, 5) is 0. The van der Waals surface area contributed by atoms with Crippen molar-refractivity contribution in [3.05, 3.63) is 72.3 Å². The molecule has 0 saturated carbocycles. The average Bonchev–Trinajstić information content (AvgIpc) is 2.52. The first-order valence-electron chi connectivity index (χ1n) is 6.97. The zero-order valence-electron chi connectivity index (χ0n) is 11.8. The third-order valence-electron chi connectivity index (χ3n) is 3.37. The van der Waals surface area contributed by atoms with E-state index in [1.807, 2.05) is 18.2 Å². The molecule has 0 aliphatic carbocycles. The molecule has 22 heavy (non-hydrogen) atoms. The van der Waals surface area contributed by atoms with Gasteiger partial charge in [-0.15, -0.1) is 0 Å². The summed E-state index contributed by atoms with van der Waals surface area (Å²) in [5, 5.41) is 5.58. The van der Waals surface area contributed by atoms with Gasteiger partial charge in [0, 0.05) is 18.3 Å². The quantitative estimate of drug-likeness (QED) is 0.711. The number of alkyl halides is 2. The van der Waals surface area contributed by atoms with Gasteiger partial charge in [-0.1, -0.05) is 42.5 Å². The highest BCUT2D eigenvalue weighted by molar-refractivity contribution is 5.83. The molecule has 0 aliphatic rings. The van der Waals surface area contributed by atoms with Crippen LogP contribution in [0.4, 0.5) is 14.5 Å². The molecule has 4 heteroatoms. The van der Waals surface area contributed by atoms with Gasteiger partial charge in [0.1, 0.15) is 5.75 Å². The molecule has 0 amide bonds. The third-order valence-corrected chi connectivity index (χ3v) is 3.37. The van der Waals surface area contributed by atoms with Gasteiger partial charge in [-0.2, -0.15) is 8.78 Å². The van der Waals surface area contributed by atoms with Crippen LogP contribution >= 0.6 is 0 Å². The summed E-state index contributed by atoms with van der Waals surface area (Å²) in [6.07, 6.45) is 0. The number of fused-ring (bicyclic) bond motifs is 1. The summed E-state index contributed by atoms with van der Waals surface area (Å²) >= 11 is 0. The number of anilines is 1. The number of ether oxygens (including phenoxy) is 1. The Morgan fingerprint density at radius 2 is 1.68 bits per heavy atom. The molecule has 0 atom stereocenters. The number of benzene rings is 3. The SMILES string of the molecule is FC(F)Oc1cccc(NCc2ccc3ccccc3c2)c1. The van der Waals surface area contributed by atoms with Crippen LogP contribution in [0.25, 0.3) is 10.8 Å². The minimum absolute atomic E-state index is 0.151. The van der Waals surface area contributed by atoms with E-state index in [2.05, 4.69) is 40.4 Å². The van der Waals surface area contributed by atoms with Crippen LogP contribution in [0.2, 0.25) is 0 Å². The predicted octanol–water partition coefficient (Wildman–Crippen LogP) is 5.05. The molecule has 0 heterocycles. The lowest BCUT2D eigenvalue weighted by molar-refractivity contribution is -0.0498. The fourth-order valence-corrected chi connectivity index (χ4v) is 2.34. The zero-order valence-corrected chi connectivity index (χ0v) is 11.8. The van der Waals surface area contributed by atoms with Gasteiger partial charge >= 0.3 is 6.61 Å². The predicted molar refractivity (Wildman–Crippen MR) is 84.3 cm³/mol. The van der Waals surface area contributed by atoms with E-state index in [1.165, 1.54) is 16.8 Å². The monoisotopic (exact) mass is 299 g/mol. The van der Waals surface area contributed by atoms with Crippen LogP contribution in [0.1, 0.15) is 5.56 Å². The maximum atomic E-state index is 12.2. The first-order valence-corrected chi connectivity index (χ1v) is 6.97. The van der Waals surface area contributed by atoms with Gasteiger partial charge in [-0.25, -0.2) is 0 Å². The molecule has 0 aromatic heterocycles. The lowest BCUT2D eigenvalue weighted by atomic mass is 10.1. The largest absolute Gasteiger partial charge is 0.435 e. The van der Waals surface area contributed by atoms with Gasteiger partial charge < -0.3 is 10.1 Å². The molecule has 0 aliphatic heterocycles. The molecule has 2 nitrogen and oxygen atoms in total. The Hall–Kier alpha value is -2.62. The number of rotatable bonds is 5. The summed E-state index contributed by atoms with van der Waals surface area (Å²) in [5.41, 5.74) is 1.87. The van der Waals surface area contributed by atoms with Crippen LogP contribution in [0.5, 0.6) is 5.75 Å². The van der Waals surface area contributed by atoms with Crippen molar-refractivity contribution in [3.8, 4) is 5.75 Å². The van der Waals surface area contributed by atoms with E-state index in [0.717, 1.165) is 11.3 Å². The van der Waals surface area contributed by atoms with Gasteiger partial charge in [0.2, 0.25) is 0 Å². The molecule has 3 aromatic rings. The Morgan fingerprint density at radius 1 is 0.864 bits per heavy atom. The fraction of sp³-hybridized carbons (Fsp3) is 0.111. The summed E-state index contributed by atoms with van der Waals surface area (Å²) in [6, 6.07) is 21.0. The normalized spacial score (nSPS) is 10.9. The summed E-state index contributed by atoms with van der Waals surface area (Å²) < 4.78 is 28.8. The Labute approximate surface area is 127 Å². The van der Waals surface area contributed by atoms with E-state index < -0.39 is 6.61 Å². The van der Waals surface area contributed by atoms with E-state index in [4.69, 9.17) is 0 Å². The first kappa shape index (κ1) is 14.3. The molecule has 3 aromatic carbocycles. The van der Waals surface area contributed by atoms with Crippen LogP contribution in [0.15, 0.2) is 66.7 Å². The molecule has 0 spiro atoms. The molecule has 0 radical (unpaired) electrons.